The van der Waals surface area contributed by atoms with Crippen LogP contribution in [-0.2, 0) is 0 Å². The summed E-state index contributed by atoms with van der Waals surface area (Å²) in [6.07, 6.45) is 2.73. The minimum atomic E-state index is 0.0497. The number of nitrogens with two attached hydrogens (primary N) is 1. The van der Waals surface area contributed by atoms with Crippen molar-refractivity contribution in [3.8, 4) is 10.6 Å². The van der Waals surface area contributed by atoms with E-state index in [1.807, 2.05) is 15.6 Å². The van der Waals surface area contributed by atoms with Crippen molar-refractivity contribution in [3.63, 3.8) is 0 Å². The zero-order valence-electron chi connectivity index (χ0n) is 16.8. The van der Waals surface area contributed by atoms with Crippen LogP contribution < -0.4 is 5.73 Å². The molecule has 3 aromatic rings. The van der Waals surface area contributed by atoms with Crippen LogP contribution in [0.5, 0.6) is 0 Å². The maximum Gasteiger partial charge on any atom is 0.254 e. The van der Waals surface area contributed by atoms with Gasteiger partial charge in [0.2, 0.25) is 0 Å². The molecule has 0 aliphatic carbocycles. The Kier molecular flexibility index (Phi) is 4.97. The predicted molar refractivity (Wildman–Crippen MR) is 114 cm³/mol. The molecule has 0 bridgehead atoms. The van der Waals surface area contributed by atoms with Gasteiger partial charge < -0.3 is 10.6 Å². The summed E-state index contributed by atoms with van der Waals surface area (Å²) in [5, 5.41) is 5.34. The lowest BCUT2D eigenvalue weighted by Crippen LogP contribution is -2.34. The number of rotatable bonds is 4. The monoisotopic (exact) mass is 397 g/mol. The quantitative estimate of drug-likeness (QED) is 0.725. The summed E-state index contributed by atoms with van der Waals surface area (Å²) >= 11 is 1.69. The second-order valence-corrected chi connectivity index (χ2v) is 9.32. The first kappa shape index (κ1) is 19.1. The molecule has 3 aromatic heterocycles. The molecule has 0 aromatic carbocycles. The highest BCUT2D eigenvalue weighted by atomic mass is 32.1. The number of likely N-dealkylation sites (tertiary alicyclic amines) is 1. The highest BCUT2D eigenvalue weighted by molar-refractivity contribution is 7.15. The molecule has 4 heterocycles. The van der Waals surface area contributed by atoms with Crippen LogP contribution in [0.2, 0.25) is 0 Å². The molecular formula is C21H27N5OS. The Morgan fingerprint density at radius 2 is 2.18 bits per heavy atom. The van der Waals surface area contributed by atoms with Crippen molar-refractivity contribution in [3.05, 3.63) is 34.8 Å². The van der Waals surface area contributed by atoms with Crippen LogP contribution in [0, 0.1) is 12.8 Å². The lowest BCUT2D eigenvalue weighted by atomic mass is 10.1. The van der Waals surface area contributed by atoms with Gasteiger partial charge in [-0.3, -0.25) is 4.79 Å². The third-order valence-corrected chi connectivity index (χ3v) is 6.56. The second kappa shape index (κ2) is 7.29. The van der Waals surface area contributed by atoms with Gasteiger partial charge in [-0.1, -0.05) is 0 Å². The molecule has 1 aliphatic heterocycles. The van der Waals surface area contributed by atoms with Crippen LogP contribution in [0.25, 0.3) is 21.6 Å². The first-order valence-electron chi connectivity index (χ1n) is 9.85. The molecule has 7 heteroatoms. The zero-order chi connectivity index (χ0) is 20.0. The summed E-state index contributed by atoms with van der Waals surface area (Å²) < 4.78 is 1.90. The van der Waals surface area contributed by atoms with Gasteiger partial charge in [-0.05, 0) is 64.8 Å². The van der Waals surface area contributed by atoms with Gasteiger partial charge in [-0.15, -0.1) is 11.3 Å². The van der Waals surface area contributed by atoms with Crippen LogP contribution in [-0.4, -0.2) is 44.7 Å². The maximum absolute atomic E-state index is 13.5. The molecule has 2 N–H and O–H groups in total. The fraction of sp³-hybridized carbons (Fsp3) is 0.476. The summed E-state index contributed by atoms with van der Waals surface area (Å²) in [5.74, 6) is 0.419. The number of aryl methyl sites for hydroxylation is 1. The summed E-state index contributed by atoms with van der Waals surface area (Å²) in [6, 6.07) is 6.45. The van der Waals surface area contributed by atoms with Crippen LogP contribution in [0.15, 0.2) is 24.4 Å². The molecule has 28 heavy (non-hydrogen) atoms. The van der Waals surface area contributed by atoms with Gasteiger partial charge in [0.25, 0.3) is 5.91 Å². The minimum absolute atomic E-state index is 0.0497. The fourth-order valence-corrected chi connectivity index (χ4v) is 4.85. The Hall–Kier alpha value is -2.25. The first-order chi connectivity index (χ1) is 13.4. The van der Waals surface area contributed by atoms with Gasteiger partial charge in [0.15, 0.2) is 5.65 Å². The summed E-state index contributed by atoms with van der Waals surface area (Å²) in [5.41, 5.74) is 8.15. The van der Waals surface area contributed by atoms with E-state index in [4.69, 9.17) is 10.7 Å². The predicted octanol–water partition coefficient (Wildman–Crippen LogP) is 3.86. The summed E-state index contributed by atoms with van der Waals surface area (Å²) in [7, 11) is 0. The van der Waals surface area contributed by atoms with Crippen molar-refractivity contribution in [2.24, 2.45) is 11.7 Å². The number of fused-ring (bicyclic) bond motifs is 1. The lowest BCUT2D eigenvalue weighted by molar-refractivity contribution is 0.0745. The van der Waals surface area contributed by atoms with Gasteiger partial charge >= 0.3 is 0 Å². The molecule has 0 spiro atoms. The second-order valence-electron chi connectivity index (χ2n) is 8.03. The Morgan fingerprint density at radius 1 is 1.39 bits per heavy atom. The molecule has 1 aliphatic rings. The number of pyridine rings is 1. The Labute approximate surface area is 169 Å². The molecule has 2 atom stereocenters. The number of nitrogens with zero attached hydrogens (tertiary/aromatic N) is 4. The minimum Gasteiger partial charge on any atom is -0.336 e. The Balaban J connectivity index is 1.85. The third-order valence-electron chi connectivity index (χ3n) is 5.53. The van der Waals surface area contributed by atoms with Crippen LogP contribution in [0.4, 0.5) is 0 Å². The Bertz CT molecular complexity index is 1020. The van der Waals surface area contributed by atoms with E-state index in [9.17, 15) is 4.79 Å². The molecule has 4 rings (SSSR count). The van der Waals surface area contributed by atoms with E-state index < -0.39 is 0 Å². The largest absolute Gasteiger partial charge is 0.336 e. The van der Waals surface area contributed by atoms with Crippen molar-refractivity contribution in [1.82, 2.24) is 19.7 Å². The number of amides is 1. The van der Waals surface area contributed by atoms with Crippen molar-refractivity contribution in [2.45, 2.75) is 46.2 Å². The number of aromatic nitrogens is 3. The van der Waals surface area contributed by atoms with Crippen LogP contribution in [0.3, 0.4) is 0 Å². The van der Waals surface area contributed by atoms with E-state index >= 15 is 0 Å². The number of carbonyl (C=O) groups is 1. The molecule has 1 fully saturated rings. The fourth-order valence-electron chi connectivity index (χ4n) is 4.02. The van der Waals surface area contributed by atoms with Crippen molar-refractivity contribution in [2.75, 3.05) is 13.1 Å². The summed E-state index contributed by atoms with van der Waals surface area (Å²) in [6.45, 7) is 9.66. The number of hydrogen-bond acceptors (Lipinski definition) is 5. The lowest BCUT2D eigenvalue weighted by Gasteiger charge is -2.22. The maximum atomic E-state index is 13.5. The van der Waals surface area contributed by atoms with E-state index in [-0.39, 0.29) is 18.0 Å². The molecule has 1 saturated heterocycles. The smallest absolute Gasteiger partial charge is 0.254 e. The van der Waals surface area contributed by atoms with Crippen LogP contribution >= 0.6 is 11.3 Å². The topological polar surface area (TPSA) is 77.0 Å². The van der Waals surface area contributed by atoms with Gasteiger partial charge in [0.05, 0.1) is 27.7 Å². The van der Waals surface area contributed by atoms with E-state index in [0.717, 1.165) is 28.0 Å². The third kappa shape index (κ3) is 3.22. The SMILES string of the molecule is Cc1ccc(-c2cc(C(=O)N3CC(CN)CC3C)c3cnn(C(C)C)c3n2)s1. The first-order valence-corrected chi connectivity index (χ1v) is 10.7. The van der Waals surface area contributed by atoms with E-state index in [1.165, 1.54) is 4.88 Å². The van der Waals surface area contributed by atoms with E-state index in [2.05, 4.69) is 44.9 Å². The highest BCUT2D eigenvalue weighted by Gasteiger charge is 2.33. The standard InChI is InChI=1S/C21H27N5OS/c1-12(2)26-20-17(10-23-26)16(8-18(24-20)19-6-5-14(4)28-19)21(27)25-11-15(9-22)7-13(25)3/h5-6,8,10,12-13,15H,7,9,11,22H2,1-4H3. The number of carbonyl (C=O) groups excluding carboxylic acids is 1. The normalized spacial score (nSPS) is 19.9. The van der Waals surface area contributed by atoms with Crippen LogP contribution in [0.1, 0.15) is 48.5 Å². The molecule has 0 radical (unpaired) electrons. The molecule has 6 nitrogen and oxygen atoms in total. The zero-order valence-corrected chi connectivity index (χ0v) is 17.7. The average molecular weight is 398 g/mol. The van der Waals surface area contributed by atoms with Crippen molar-refractivity contribution >= 4 is 28.3 Å². The van der Waals surface area contributed by atoms with E-state index in [0.29, 0.717) is 24.6 Å². The molecular weight excluding hydrogens is 370 g/mol. The number of thiophene rings is 1. The summed E-state index contributed by atoms with van der Waals surface area (Å²) in [4.78, 5) is 22.7. The van der Waals surface area contributed by atoms with Gasteiger partial charge in [0.1, 0.15) is 0 Å². The highest BCUT2D eigenvalue weighted by Crippen LogP contribution is 2.32. The Morgan fingerprint density at radius 3 is 2.79 bits per heavy atom. The number of hydrogen-bond donors (Lipinski definition) is 1. The van der Waals surface area contributed by atoms with Crippen molar-refractivity contribution < 1.29 is 4.79 Å². The molecule has 148 valence electrons. The van der Waals surface area contributed by atoms with Gasteiger partial charge in [-0.2, -0.15) is 5.10 Å². The van der Waals surface area contributed by atoms with Crippen molar-refractivity contribution in [1.29, 1.82) is 0 Å². The molecule has 0 saturated carbocycles. The molecule has 1 amide bonds. The van der Waals surface area contributed by atoms with E-state index in [1.54, 1.807) is 17.5 Å². The average Bonchev–Trinajstić information content (AvgIpc) is 3.37. The van der Waals surface area contributed by atoms with Gasteiger partial charge in [0, 0.05) is 23.5 Å². The molecule has 2 unspecified atom stereocenters. The van der Waals surface area contributed by atoms with Gasteiger partial charge in [-0.25, -0.2) is 9.67 Å².